The number of carbonyl (C=O) groups is 1. The summed E-state index contributed by atoms with van der Waals surface area (Å²) in [7, 11) is -2.31. The van der Waals surface area contributed by atoms with Crippen molar-refractivity contribution in [3.63, 3.8) is 0 Å². The van der Waals surface area contributed by atoms with Crippen molar-refractivity contribution in [2.24, 2.45) is 0 Å². The maximum atomic E-state index is 13.8. The summed E-state index contributed by atoms with van der Waals surface area (Å²) in [4.78, 5) is 12.4. The molecule has 3 rings (SSSR count). The third kappa shape index (κ3) is 5.11. The zero-order valence-corrected chi connectivity index (χ0v) is 16.9. The van der Waals surface area contributed by atoms with Crippen LogP contribution in [-0.4, -0.2) is 52.0 Å². The van der Waals surface area contributed by atoms with Gasteiger partial charge in [0.2, 0.25) is 15.9 Å². The molecule has 156 valence electrons. The molecular weight excluding hydrogens is 399 g/mol. The lowest BCUT2D eigenvalue weighted by Gasteiger charge is -2.27. The van der Waals surface area contributed by atoms with Crippen molar-refractivity contribution in [3.05, 3.63) is 59.4 Å². The fourth-order valence-corrected chi connectivity index (χ4v) is 4.72. The van der Waals surface area contributed by atoms with Gasteiger partial charge in [0.25, 0.3) is 0 Å². The minimum Gasteiger partial charge on any atom is -0.494 e. The number of nitrogens with zero attached hydrogens (tertiary/aromatic N) is 1. The molecule has 1 saturated heterocycles. The maximum absolute atomic E-state index is 13.8. The minimum atomic E-state index is -3.67. The van der Waals surface area contributed by atoms with E-state index < -0.39 is 15.8 Å². The molecule has 9 heteroatoms. The van der Waals surface area contributed by atoms with Crippen LogP contribution in [0, 0.1) is 5.82 Å². The summed E-state index contributed by atoms with van der Waals surface area (Å²) in [6, 6.07) is 10.9. The number of nitrogens with one attached hydrogen (secondary N) is 1. The van der Waals surface area contributed by atoms with Crippen LogP contribution in [-0.2, 0) is 32.5 Å². The Bertz CT molecular complexity index is 975. The fraction of sp³-hybridized carbons (Fsp3) is 0.350. The van der Waals surface area contributed by atoms with Gasteiger partial charge in [0.1, 0.15) is 0 Å². The third-order valence-electron chi connectivity index (χ3n) is 4.62. The highest BCUT2D eigenvalue weighted by Gasteiger charge is 2.28. The van der Waals surface area contributed by atoms with Gasteiger partial charge in [-0.15, -0.1) is 0 Å². The number of methoxy groups -OCH3 is 1. The van der Waals surface area contributed by atoms with Gasteiger partial charge >= 0.3 is 0 Å². The van der Waals surface area contributed by atoms with E-state index in [9.17, 15) is 17.6 Å². The van der Waals surface area contributed by atoms with Gasteiger partial charge in [-0.05, 0) is 29.3 Å². The molecule has 0 aromatic heterocycles. The van der Waals surface area contributed by atoms with Crippen LogP contribution in [0.2, 0.25) is 0 Å². The molecule has 0 aliphatic carbocycles. The van der Waals surface area contributed by atoms with E-state index in [0.717, 1.165) is 0 Å². The van der Waals surface area contributed by atoms with Gasteiger partial charge in [-0.1, -0.05) is 24.3 Å². The predicted octanol–water partition coefficient (Wildman–Crippen LogP) is 1.71. The Hall–Kier alpha value is -2.49. The number of hydrogen-bond acceptors (Lipinski definition) is 5. The minimum absolute atomic E-state index is 0.0285. The number of halogens is 1. The zero-order valence-electron chi connectivity index (χ0n) is 16.1. The first-order valence-electron chi connectivity index (χ1n) is 9.16. The number of morpholine rings is 1. The molecule has 29 heavy (non-hydrogen) atoms. The average Bonchev–Trinajstić information content (AvgIpc) is 2.73. The Labute approximate surface area is 169 Å². The van der Waals surface area contributed by atoms with E-state index in [2.05, 4.69) is 5.32 Å². The van der Waals surface area contributed by atoms with Crippen LogP contribution >= 0.6 is 0 Å². The Morgan fingerprint density at radius 1 is 1.21 bits per heavy atom. The number of benzene rings is 2. The Balaban J connectivity index is 1.68. The van der Waals surface area contributed by atoms with Crippen LogP contribution in [0.3, 0.4) is 0 Å². The van der Waals surface area contributed by atoms with Crippen molar-refractivity contribution in [1.82, 2.24) is 9.62 Å². The van der Waals surface area contributed by atoms with Crippen LogP contribution < -0.4 is 10.1 Å². The quantitative estimate of drug-likeness (QED) is 0.734. The molecule has 0 bridgehead atoms. The van der Waals surface area contributed by atoms with E-state index >= 15 is 0 Å². The van der Waals surface area contributed by atoms with Gasteiger partial charge < -0.3 is 14.8 Å². The Kier molecular flexibility index (Phi) is 6.83. The molecule has 2 aromatic carbocycles. The average molecular weight is 422 g/mol. The summed E-state index contributed by atoms with van der Waals surface area (Å²) >= 11 is 0. The van der Waals surface area contributed by atoms with Gasteiger partial charge in [0.15, 0.2) is 11.6 Å². The van der Waals surface area contributed by atoms with Crippen molar-refractivity contribution in [1.29, 1.82) is 0 Å². The fourth-order valence-electron chi connectivity index (χ4n) is 3.09. The van der Waals surface area contributed by atoms with E-state index in [4.69, 9.17) is 9.47 Å². The molecular formula is C20H23FN2O5S. The smallest absolute Gasteiger partial charge is 0.243 e. The van der Waals surface area contributed by atoms with Crippen molar-refractivity contribution >= 4 is 15.9 Å². The van der Waals surface area contributed by atoms with Gasteiger partial charge in [0, 0.05) is 19.6 Å². The third-order valence-corrected chi connectivity index (χ3v) is 6.62. The van der Waals surface area contributed by atoms with E-state index in [1.807, 2.05) is 0 Å². The molecule has 0 radical (unpaired) electrons. The largest absolute Gasteiger partial charge is 0.494 e. The molecule has 1 heterocycles. The lowest BCUT2D eigenvalue weighted by molar-refractivity contribution is -0.120. The van der Waals surface area contributed by atoms with E-state index in [1.54, 1.807) is 24.3 Å². The van der Waals surface area contributed by atoms with Crippen LogP contribution in [0.5, 0.6) is 5.75 Å². The van der Waals surface area contributed by atoms with Crippen molar-refractivity contribution < 1.29 is 27.1 Å². The van der Waals surface area contributed by atoms with Crippen LogP contribution in [0.15, 0.2) is 47.4 Å². The Morgan fingerprint density at radius 3 is 2.62 bits per heavy atom. The summed E-state index contributed by atoms with van der Waals surface area (Å²) in [6.45, 7) is 1.36. The lowest BCUT2D eigenvalue weighted by atomic mass is 10.1. The maximum Gasteiger partial charge on any atom is 0.243 e. The first-order chi connectivity index (χ1) is 13.9. The van der Waals surface area contributed by atoms with Gasteiger partial charge in [-0.3, -0.25) is 4.79 Å². The molecule has 0 saturated carbocycles. The summed E-state index contributed by atoms with van der Waals surface area (Å²) in [6.07, 6.45) is -0.0285. The molecule has 0 atom stereocenters. The number of hydrogen-bond donors (Lipinski definition) is 1. The number of amides is 1. The molecule has 7 nitrogen and oxygen atoms in total. The normalized spacial score (nSPS) is 15.1. The molecule has 1 fully saturated rings. The van der Waals surface area contributed by atoms with Crippen LogP contribution in [0.1, 0.15) is 11.1 Å². The van der Waals surface area contributed by atoms with Crippen LogP contribution in [0.25, 0.3) is 0 Å². The van der Waals surface area contributed by atoms with E-state index in [1.165, 1.54) is 29.6 Å². The SMILES string of the molecule is COc1ccc(CC(=O)NCc2ccccc2S(=O)(=O)N2CCOCC2)cc1F. The summed E-state index contributed by atoms with van der Waals surface area (Å²) in [5.41, 5.74) is 0.989. The van der Waals surface area contributed by atoms with Gasteiger partial charge in [-0.25, -0.2) is 12.8 Å². The van der Waals surface area contributed by atoms with Crippen molar-refractivity contribution in [2.75, 3.05) is 33.4 Å². The number of sulfonamides is 1. The Morgan fingerprint density at radius 2 is 1.93 bits per heavy atom. The number of carbonyl (C=O) groups excluding carboxylic acids is 1. The summed E-state index contributed by atoms with van der Waals surface area (Å²) in [5.74, 6) is -0.774. The summed E-state index contributed by atoms with van der Waals surface area (Å²) in [5, 5.41) is 2.71. The number of rotatable bonds is 7. The molecule has 0 spiro atoms. The molecule has 2 aromatic rings. The monoisotopic (exact) mass is 422 g/mol. The molecule has 1 aliphatic rings. The van der Waals surface area contributed by atoms with Crippen LogP contribution in [0.4, 0.5) is 4.39 Å². The predicted molar refractivity (Wildman–Crippen MR) is 105 cm³/mol. The molecule has 1 N–H and O–H groups in total. The lowest BCUT2D eigenvalue weighted by Crippen LogP contribution is -2.41. The molecule has 0 unspecified atom stereocenters. The second-order valence-corrected chi connectivity index (χ2v) is 8.45. The standard InChI is InChI=1S/C20H23FN2O5S/c1-27-18-7-6-15(12-17(18)21)13-20(24)22-14-16-4-2-3-5-19(16)29(25,26)23-8-10-28-11-9-23/h2-7,12H,8-11,13-14H2,1H3,(H,22,24). The molecule has 1 amide bonds. The highest BCUT2D eigenvalue weighted by Crippen LogP contribution is 2.21. The van der Waals surface area contributed by atoms with Crippen molar-refractivity contribution in [3.8, 4) is 5.75 Å². The zero-order chi connectivity index (χ0) is 20.9. The molecule has 1 aliphatic heterocycles. The number of ether oxygens (including phenoxy) is 2. The first kappa shape index (κ1) is 21.2. The van der Waals surface area contributed by atoms with Gasteiger partial charge in [-0.2, -0.15) is 4.31 Å². The van der Waals surface area contributed by atoms with E-state index in [0.29, 0.717) is 37.4 Å². The highest BCUT2D eigenvalue weighted by atomic mass is 32.2. The second-order valence-electron chi connectivity index (χ2n) is 6.55. The second kappa shape index (κ2) is 9.34. The van der Waals surface area contributed by atoms with Crippen molar-refractivity contribution in [2.45, 2.75) is 17.9 Å². The first-order valence-corrected chi connectivity index (χ1v) is 10.6. The van der Waals surface area contributed by atoms with Gasteiger partial charge in [0.05, 0.1) is 31.6 Å². The highest BCUT2D eigenvalue weighted by molar-refractivity contribution is 7.89. The summed E-state index contributed by atoms with van der Waals surface area (Å²) < 4.78 is 51.1. The van der Waals surface area contributed by atoms with E-state index in [-0.39, 0.29) is 29.5 Å². The topological polar surface area (TPSA) is 84.9 Å².